The highest BCUT2D eigenvalue weighted by atomic mass is 28.3. The molecule has 12 aromatic carbocycles. The minimum atomic E-state index is -2.82. The van der Waals surface area contributed by atoms with E-state index in [1.165, 1.54) is 103 Å². The van der Waals surface area contributed by atoms with Crippen molar-refractivity contribution in [2.45, 2.75) is 5.41 Å². The quantitative estimate of drug-likeness (QED) is 0.101. The van der Waals surface area contributed by atoms with Gasteiger partial charge in [-0.25, -0.2) is 0 Å². The molecule has 0 spiro atoms. The van der Waals surface area contributed by atoms with Gasteiger partial charge in [-0.1, -0.05) is 261 Å². The van der Waals surface area contributed by atoms with Crippen molar-refractivity contribution >= 4 is 72.4 Å². The van der Waals surface area contributed by atoms with Crippen LogP contribution < -0.4 is 20.7 Å². The van der Waals surface area contributed by atoms with Gasteiger partial charge in [-0.3, -0.25) is 0 Å². The highest BCUT2D eigenvalue weighted by Crippen LogP contribution is 2.57. The first-order chi connectivity index (χ1) is 37.7. The van der Waals surface area contributed by atoms with Gasteiger partial charge in [0.2, 0.25) is 0 Å². The zero-order valence-electron chi connectivity index (χ0n) is 41.8. The summed E-state index contributed by atoms with van der Waals surface area (Å²) in [6.07, 6.45) is 0. The van der Waals surface area contributed by atoms with Crippen LogP contribution in [0.2, 0.25) is 0 Å². The Morgan fingerprint density at radius 1 is 0.289 bits per heavy atom. The van der Waals surface area contributed by atoms with Crippen molar-refractivity contribution in [1.82, 2.24) is 9.13 Å². The summed E-state index contributed by atoms with van der Waals surface area (Å²) in [6.45, 7) is 0. The second kappa shape index (κ2) is 17.6. The van der Waals surface area contributed by atoms with Crippen LogP contribution in [-0.4, -0.2) is 17.2 Å². The van der Waals surface area contributed by atoms with Crippen LogP contribution in [0.4, 0.5) is 0 Å². The fraction of sp³-hybridized carbons (Fsp3) is 0.0137. The SMILES string of the molecule is c1ccc(C2(c3ccccc3)c3ccccc3-c3cc(-c4cccc5c6ccccc6n(-c6cccc7c6c6ccccc6n7-c6cccc([Si](c7ccccc7)(c7ccccc7)c7ccccc7)c6)c45)ccc32)cc1. The lowest BCUT2D eigenvalue weighted by Crippen LogP contribution is -2.74. The van der Waals surface area contributed by atoms with Gasteiger partial charge in [0.25, 0.3) is 0 Å². The number of fused-ring (bicyclic) bond motifs is 9. The molecular weight excluding hydrogens is 933 g/mol. The average Bonchev–Trinajstić information content (AvgIpc) is 4.13. The third kappa shape index (κ3) is 6.33. The van der Waals surface area contributed by atoms with E-state index in [-0.39, 0.29) is 0 Å². The molecule has 76 heavy (non-hydrogen) atoms. The van der Waals surface area contributed by atoms with Crippen LogP contribution in [-0.2, 0) is 5.41 Å². The van der Waals surface area contributed by atoms with Crippen LogP contribution in [0.5, 0.6) is 0 Å². The van der Waals surface area contributed by atoms with Gasteiger partial charge in [0, 0.05) is 32.8 Å². The lowest BCUT2D eigenvalue weighted by molar-refractivity contribution is 0.768. The third-order valence-electron chi connectivity index (χ3n) is 16.5. The molecule has 0 N–H and O–H groups in total. The second-order valence-corrected chi connectivity index (χ2v) is 24.1. The Bertz CT molecular complexity index is 4360. The molecule has 0 unspecified atom stereocenters. The lowest BCUT2D eigenvalue weighted by Gasteiger charge is -2.34. The molecule has 0 aliphatic heterocycles. The van der Waals surface area contributed by atoms with E-state index < -0.39 is 13.5 Å². The van der Waals surface area contributed by atoms with Gasteiger partial charge in [-0.15, -0.1) is 0 Å². The summed E-state index contributed by atoms with van der Waals surface area (Å²) in [5, 5.41) is 10.3. The third-order valence-corrected chi connectivity index (χ3v) is 21.3. The van der Waals surface area contributed by atoms with Crippen LogP contribution >= 0.6 is 0 Å². The van der Waals surface area contributed by atoms with Gasteiger partial charge >= 0.3 is 0 Å². The standard InChI is InChI=1S/C73H50N2Si/c1-6-25-52(26-7-1)73(53-27-8-2-9-28-53)65-42-19-16-37-60(65)64-49-51(47-48-66(64)73)59-40-23-41-62-61-38-17-20-43-67(61)75(72(59)62)70-46-24-45-69-71(70)63-39-18-21-44-68(63)74(69)54-29-22-36-58(50-54)76(55-30-10-3-11-31-55,56-32-12-4-13-33-56)57-34-14-5-15-35-57/h1-50H. The molecule has 1 aliphatic carbocycles. The zero-order chi connectivity index (χ0) is 50.2. The maximum Gasteiger partial charge on any atom is 0.179 e. The molecule has 0 bridgehead atoms. The molecule has 356 valence electrons. The van der Waals surface area contributed by atoms with E-state index in [4.69, 9.17) is 0 Å². The number of hydrogen-bond acceptors (Lipinski definition) is 0. The van der Waals surface area contributed by atoms with Crippen molar-refractivity contribution in [1.29, 1.82) is 0 Å². The molecule has 2 aromatic heterocycles. The molecule has 0 saturated heterocycles. The van der Waals surface area contributed by atoms with Crippen LogP contribution in [0.25, 0.3) is 77.2 Å². The summed E-state index contributed by atoms with van der Waals surface area (Å²) in [6, 6.07) is 113. The van der Waals surface area contributed by atoms with E-state index in [0.717, 1.165) is 16.9 Å². The molecular formula is C73H50N2Si. The van der Waals surface area contributed by atoms with E-state index in [0.29, 0.717) is 0 Å². The maximum atomic E-state index is 2.56. The minimum absolute atomic E-state index is 0.467. The number of benzene rings is 12. The smallest absolute Gasteiger partial charge is 0.179 e. The molecule has 14 aromatic rings. The monoisotopic (exact) mass is 982 g/mol. The van der Waals surface area contributed by atoms with E-state index in [9.17, 15) is 0 Å². The summed E-state index contributed by atoms with van der Waals surface area (Å²) in [4.78, 5) is 0. The highest BCUT2D eigenvalue weighted by molar-refractivity contribution is 7.19. The number of aromatic nitrogens is 2. The minimum Gasteiger partial charge on any atom is -0.309 e. The Morgan fingerprint density at radius 2 is 0.763 bits per heavy atom. The largest absolute Gasteiger partial charge is 0.309 e. The van der Waals surface area contributed by atoms with Crippen molar-refractivity contribution < 1.29 is 0 Å². The number of nitrogens with zero attached hydrogens (tertiary/aromatic N) is 2. The predicted octanol–water partition coefficient (Wildman–Crippen LogP) is 15.3. The Kier molecular flexibility index (Phi) is 10.2. The van der Waals surface area contributed by atoms with E-state index >= 15 is 0 Å². The Morgan fingerprint density at radius 3 is 1.42 bits per heavy atom. The summed E-state index contributed by atoms with van der Waals surface area (Å²) in [5.74, 6) is 0. The number of hydrogen-bond donors (Lipinski definition) is 0. The van der Waals surface area contributed by atoms with Crippen molar-refractivity contribution in [3.05, 3.63) is 326 Å². The zero-order valence-corrected chi connectivity index (χ0v) is 42.8. The molecule has 0 atom stereocenters. The molecule has 0 saturated carbocycles. The van der Waals surface area contributed by atoms with Crippen molar-refractivity contribution in [2.75, 3.05) is 0 Å². The average molecular weight is 983 g/mol. The van der Waals surface area contributed by atoms with Gasteiger partial charge in [-0.05, 0) is 102 Å². The van der Waals surface area contributed by atoms with Gasteiger partial charge in [0.1, 0.15) is 0 Å². The van der Waals surface area contributed by atoms with Crippen LogP contribution in [0, 0.1) is 0 Å². The summed E-state index contributed by atoms with van der Waals surface area (Å²) >= 11 is 0. The lowest BCUT2D eigenvalue weighted by atomic mass is 9.67. The van der Waals surface area contributed by atoms with Crippen molar-refractivity contribution in [3.8, 4) is 33.6 Å². The van der Waals surface area contributed by atoms with Gasteiger partial charge in [0.15, 0.2) is 8.07 Å². The molecule has 2 heterocycles. The van der Waals surface area contributed by atoms with E-state index in [1.807, 2.05) is 0 Å². The van der Waals surface area contributed by atoms with Gasteiger partial charge < -0.3 is 9.13 Å². The maximum absolute atomic E-state index is 2.82. The van der Waals surface area contributed by atoms with Gasteiger partial charge in [0.05, 0.1) is 33.2 Å². The molecule has 15 rings (SSSR count). The predicted molar refractivity (Wildman–Crippen MR) is 321 cm³/mol. The first-order valence-corrected chi connectivity index (χ1v) is 28.4. The van der Waals surface area contributed by atoms with E-state index in [1.54, 1.807) is 0 Å². The Hall–Kier alpha value is -9.54. The fourth-order valence-electron chi connectivity index (χ4n) is 13.5. The van der Waals surface area contributed by atoms with Gasteiger partial charge in [-0.2, -0.15) is 0 Å². The summed E-state index contributed by atoms with van der Waals surface area (Å²) < 4.78 is 5.07. The molecule has 0 radical (unpaired) electrons. The first-order valence-electron chi connectivity index (χ1n) is 26.4. The Balaban J connectivity index is 0.969. The normalized spacial score (nSPS) is 12.8. The second-order valence-electron chi connectivity index (χ2n) is 20.3. The molecule has 2 nitrogen and oxygen atoms in total. The molecule has 1 aliphatic rings. The molecule has 0 amide bonds. The van der Waals surface area contributed by atoms with Crippen molar-refractivity contribution in [3.63, 3.8) is 0 Å². The van der Waals surface area contributed by atoms with E-state index in [2.05, 4.69) is 312 Å². The van der Waals surface area contributed by atoms with Crippen LogP contribution in [0.15, 0.2) is 303 Å². The molecule has 3 heteroatoms. The summed E-state index contributed by atoms with van der Waals surface area (Å²) in [5.41, 5.74) is 16.6. The number of rotatable bonds is 9. The highest BCUT2D eigenvalue weighted by Gasteiger charge is 2.46. The van der Waals surface area contributed by atoms with Crippen LogP contribution in [0.1, 0.15) is 22.3 Å². The summed E-state index contributed by atoms with van der Waals surface area (Å²) in [7, 11) is -2.82. The Labute approximate surface area is 443 Å². The van der Waals surface area contributed by atoms with Crippen molar-refractivity contribution in [2.24, 2.45) is 0 Å². The van der Waals surface area contributed by atoms with Crippen LogP contribution in [0.3, 0.4) is 0 Å². The topological polar surface area (TPSA) is 9.86 Å². The fourth-order valence-corrected chi connectivity index (χ4v) is 18.3. The molecule has 0 fully saturated rings. The first kappa shape index (κ1) is 44.0. The number of para-hydroxylation sites is 3.